The van der Waals surface area contributed by atoms with Gasteiger partial charge in [-0.15, -0.1) is 0 Å². The molecule has 1 atom stereocenters. The van der Waals surface area contributed by atoms with E-state index in [2.05, 4.69) is 27.5 Å². The lowest BCUT2D eigenvalue weighted by molar-refractivity contribution is -0.117. The fourth-order valence-corrected chi connectivity index (χ4v) is 4.01. The van der Waals surface area contributed by atoms with Crippen LogP contribution in [0.15, 0.2) is 103 Å². The minimum Gasteiger partial charge on any atom is -0.323 e. The lowest BCUT2D eigenvalue weighted by atomic mass is 10.0. The van der Waals surface area contributed by atoms with Crippen molar-refractivity contribution in [2.45, 2.75) is 19.5 Å². The maximum atomic E-state index is 13.6. The number of aromatic nitrogens is 2. The van der Waals surface area contributed by atoms with E-state index in [0.717, 1.165) is 11.6 Å². The topological polar surface area (TPSA) is 122 Å². The molecule has 0 aliphatic carbocycles. The van der Waals surface area contributed by atoms with Crippen molar-refractivity contribution in [1.29, 1.82) is 0 Å². The Morgan fingerprint density at radius 1 is 0.950 bits per heavy atom. The first-order valence-corrected chi connectivity index (χ1v) is 12.6. The molecule has 0 aliphatic heterocycles. The van der Waals surface area contributed by atoms with Crippen LogP contribution in [0.3, 0.4) is 0 Å². The molecular weight excluding hydrogens is 506 g/mol. The van der Waals surface area contributed by atoms with E-state index < -0.39 is 6.04 Å². The van der Waals surface area contributed by atoms with Crippen molar-refractivity contribution < 1.29 is 14.4 Å². The predicted octanol–water partition coefficient (Wildman–Crippen LogP) is 3.86. The van der Waals surface area contributed by atoms with Gasteiger partial charge >= 0.3 is 0 Å². The summed E-state index contributed by atoms with van der Waals surface area (Å²) >= 11 is 0. The Morgan fingerprint density at radius 2 is 1.68 bits per heavy atom. The average molecular weight is 536 g/mol. The van der Waals surface area contributed by atoms with Gasteiger partial charge in [0, 0.05) is 29.2 Å². The number of rotatable bonds is 10. The summed E-state index contributed by atoms with van der Waals surface area (Å²) in [6.45, 7) is 5.24. The normalized spacial score (nSPS) is 11.3. The number of likely N-dealkylation sites (N-methyl/N-ethyl adjacent to an activating group) is 1. The molecule has 9 nitrogen and oxygen atoms in total. The van der Waals surface area contributed by atoms with Gasteiger partial charge in [0.1, 0.15) is 5.69 Å². The van der Waals surface area contributed by atoms with Crippen LogP contribution in [0.2, 0.25) is 0 Å². The molecule has 40 heavy (non-hydrogen) atoms. The van der Waals surface area contributed by atoms with Gasteiger partial charge in [-0.25, -0.2) is 0 Å². The van der Waals surface area contributed by atoms with E-state index in [1.165, 1.54) is 6.20 Å². The van der Waals surface area contributed by atoms with E-state index in [4.69, 9.17) is 0 Å². The van der Waals surface area contributed by atoms with Crippen LogP contribution in [0.5, 0.6) is 0 Å². The molecule has 2 amide bonds. The van der Waals surface area contributed by atoms with Crippen molar-refractivity contribution in [3.8, 4) is 11.3 Å². The Balaban J connectivity index is 1.66. The Labute approximate surface area is 231 Å². The van der Waals surface area contributed by atoms with Crippen molar-refractivity contribution in [2.24, 2.45) is 0 Å². The van der Waals surface area contributed by atoms with Crippen molar-refractivity contribution in [3.63, 3.8) is 0 Å². The van der Waals surface area contributed by atoms with Gasteiger partial charge in [0.25, 0.3) is 5.56 Å². The van der Waals surface area contributed by atoms with Crippen LogP contribution in [0.25, 0.3) is 11.3 Å². The third-order valence-corrected chi connectivity index (χ3v) is 6.33. The number of amides is 2. The van der Waals surface area contributed by atoms with E-state index in [1.807, 2.05) is 30.3 Å². The summed E-state index contributed by atoms with van der Waals surface area (Å²) in [6, 6.07) is 20.5. The molecule has 0 radical (unpaired) electrons. The molecular formula is C31H29N5O4. The van der Waals surface area contributed by atoms with Gasteiger partial charge in [0.15, 0.2) is 5.78 Å². The molecule has 4 aromatic rings. The largest absolute Gasteiger partial charge is 0.323 e. The highest BCUT2D eigenvalue weighted by molar-refractivity contribution is 6.09. The molecule has 0 saturated carbocycles. The minimum absolute atomic E-state index is 0.120. The maximum absolute atomic E-state index is 13.6. The zero-order valence-corrected chi connectivity index (χ0v) is 22.2. The van der Waals surface area contributed by atoms with Crippen LogP contribution < -0.4 is 21.5 Å². The highest BCUT2D eigenvalue weighted by Gasteiger charge is 2.17. The maximum Gasteiger partial charge on any atom is 0.275 e. The quantitative estimate of drug-likeness (QED) is 0.209. The Hall–Kier alpha value is -5.15. The molecule has 0 spiro atoms. The van der Waals surface area contributed by atoms with Crippen molar-refractivity contribution in [2.75, 3.05) is 17.7 Å². The first kappa shape index (κ1) is 27.9. The van der Waals surface area contributed by atoms with Crippen LogP contribution in [0, 0.1) is 0 Å². The minimum atomic E-state index is -0.485. The molecule has 2 aromatic carbocycles. The zero-order valence-electron chi connectivity index (χ0n) is 22.2. The van der Waals surface area contributed by atoms with Gasteiger partial charge in [-0.05, 0) is 73.6 Å². The smallest absolute Gasteiger partial charge is 0.275 e. The highest BCUT2D eigenvalue weighted by Crippen LogP contribution is 2.21. The molecule has 4 rings (SSSR count). The molecule has 0 saturated heterocycles. The van der Waals surface area contributed by atoms with Crippen LogP contribution in [-0.4, -0.2) is 40.2 Å². The lowest BCUT2D eigenvalue weighted by Gasteiger charge is -2.17. The highest BCUT2D eigenvalue weighted by atomic mass is 16.2. The predicted molar refractivity (Wildman–Crippen MR) is 155 cm³/mol. The number of carbonyl (C=O) groups is 3. The van der Waals surface area contributed by atoms with Crippen LogP contribution in [0.4, 0.5) is 11.4 Å². The van der Waals surface area contributed by atoms with Crippen molar-refractivity contribution in [1.82, 2.24) is 14.9 Å². The van der Waals surface area contributed by atoms with E-state index in [0.29, 0.717) is 28.1 Å². The summed E-state index contributed by atoms with van der Waals surface area (Å²) < 4.78 is 1.55. The Bertz CT molecular complexity index is 1610. The molecule has 2 heterocycles. The number of nitrogens with zero attached hydrogens (tertiary/aromatic N) is 2. The van der Waals surface area contributed by atoms with E-state index in [9.17, 15) is 19.2 Å². The molecule has 2 aromatic heterocycles. The lowest BCUT2D eigenvalue weighted by Crippen LogP contribution is -2.37. The van der Waals surface area contributed by atoms with Crippen LogP contribution in [-0.2, 0) is 16.1 Å². The molecule has 9 heteroatoms. The summed E-state index contributed by atoms with van der Waals surface area (Å²) in [5, 5.41) is 8.20. The van der Waals surface area contributed by atoms with Gasteiger partial charge in [-0.2, -0.15) is 0 Å². The Morgan fingerprint density at radius 3 is 2.35 bits per heavy atom. The number of ketones is 1. The fraction of sp³-hybridized carbons (Fsp3) is 0.129. The van der Waals surface area contributed by atoms with Gasteiger partial charge in [0.2, 0.25) is 11.8 Å². The van der Waals surface area contributed by atoms with Gasteiger partial charge in [-0.3, -0.25) is 24.2 Å². The number of hydrogen-bond acceptors (Lipinski definition) is 6. The van der Waals surface area contributed by atoms with Gasteiger partial charge in [-0.1, -0.05) is 36.9 Å². The standard InChI is InChI=1S/C31H29N5O4/c1-4-28(37)34-25-12-10-23(11-13-25)29(38)24-16-21(17-33-18-24)19-36-27(22-8-6-5-7-9-22)15-14-26(31(36)40)35-30(39)20(2)32-3/h4-18,20,32H,1,19H2,2-3H3,(H,34,37)(H,35,39). The number of carbonyl (C=O) groups excluding carboxylic acids is 3. The summed E-state index contributed by atoms with van der Waals surface area (Å²) in [6.07, 6.45) is 4.23. The van der Waals surface area contributed by atoms with Gasteiger partial charge in [0.05, 0.1) is 18.3 Å². The second kappa shape index (κ2) is 12.6. The first-order valence-electron chi connectivity index (χ1n) is 12.6. The molecule has 0 aliphatic rings. The Kier molecular flexibility index (Phi) is 8.78. The van der Waals surface area contributed by atoms with Crippen molar-refractivity contribution >= 4 is 29.0 Å². The van der Waals surface area contributed by atoms with Crippen LogP contribution >= 0.6 is 0 Å². The number of anilines is 2. The molecule has 0 fully saturated rings. The number of hydrogen-bond donors (Lipinski definition) is 3. The van der Waals surface area contributed by atoms with Gasteiger partial charge < -0.3 is 20.5 Å². The summed E-state index contributed by atoms with van der Waals surface area (Å²) in [7, 11) is 1.66. The molecule has 202 valence electrons. The van der Waals surface area contributed by atoms with E-state index in [-0.39, 0.29) is 35.4 Å². The number of benzene rings is 2. The molecule has 0 bridgehead atoms. The van der Waals surface area contributed by atoms with Crippen LogP contribution in [0.1, 0.15) is 28.4 Å². The zero-order chi connectivity index (χ0) is 28.6. The summed E-state index contributed by atoms with van der Waals surface area (Å²) in [5.74, 6) is -0.933. The second-order valence-electron chi connectivity index (χ2n) is 9.07. The average Bonchev–Trinajstić information content (AvgIpc) is 2.99. The second-order valence-corrected chi connectivity index (χ2v) is 9.07. The van der Waals surface area contributed by atoms with E-state index in [1.54, 1.807) is 67.2 Å². The third-order valence-electron chi connectivity index (χ3n) is 6.33. The molecule has 1 unspecified atom stereocenters. The first-order chi connectivity index (χ1) is 19.3. The summed E-state index contributed by atoms with van der Waals surface area (Å²) in [4.78, 5) is 55.0. The third kappa shape index (κ3) is 6.46. The van der Waals surface area contributed by atoms with Crippen molar-refractivity contribution in [3.05, 3.63) is 125 Å². The fourth-order valence-electron chi connectivity index (χ4n) is 4.01. The number of pyridine rings is 2. The number of nitrogens with one attached hydrogen (secondary N) is 3. The SMILES string of the molecule is C=CC(=O)Nc1ccc(C(=O)c2cncc(Cn3c(-c4ccccc4)ccc(NC(=O)C(C)NC)c3=O)c2)cc1. The molecule has 3 N–H and O–H groups in total. The van der Waals surface area contributed by atoms with E-state index >= 15 is 0 Å². The monoisotopic (exact) mass is 535 g/mol. The summed E-state index contributed by atoms with van der Waals surface area (Å²) in [5.41, 5.74) is 3.18.